The molecule has 0 fully saturated rings. The number of carbonyl (C=O) groups excluding carboxylic acids is 1. The summed E-state index contributed by atoms with van der Waals surface area (Å²) in [4.78, 5) is 21.5. The average molecular weight is 287 g/mol. The molecule has 0 aliphatic heterocycles. The van der Waals surface area contributed by atoms with Crippen LogP contribution in [0.15, 0.2) is 48.5 Å². The number of nitrogens with zero attached hydrogens (tertiary/aromatic N) is 1. The molecule has 108 valence electrons. The van der Waals surface area contributed by atoms with E-state index in [2.05, 4.69) is 0 Å². The molecule has 0 aliphatic rings. The lowest BCUT2D eigenvalue weighted by Crippen LogP contribution is -2.10. The van der Waals surface area contributed by atoms with Gasteiger partial charge in [-0.2, -0.15) is 0 Å². The van der Waals surface area contributed by atoms with Crippen LogP contribution >= 0.6 is 0 Å². The molecule has 0 unspecified atom stereocenters. The summed E-state index contributed by atoms with van der Waals surface area (Å²) in [6.45, 7) is 2.05. The molecule has 6 nitrogen and oxygen atoms in total. The minimum Gasteiger partial charge on any atom is -0.429 e. The van der Waals surface area contributed by atoms with Gasteiger partial charge in [0.05, 0.1) is 4.92 Å². The fraction of sp³-hybridized carbons (Fsp3) is 0.133. The number of benzene rings is 2. The van der Waals surface area contributed by atoms with Gasteiger partial charge in [0.15, 0.2) is 0 Å². The van der Waals surface area contributed by atoms with Crippen LogP contribution in [-0.4, -0.2) is 11.1 Å². The summed E-state index contributed by atoms with van der Waals surface area (Å²) < 4.78 is 9.89. The van der Waals surface area contributed by atoms with Crippen LogP contribution in [0.3, 0.4) is 0 Å². The Balaban J connectivity index is 1.88. The summed E-state index contributed by atoms with van der Waals surface area (Å²) in [6.07, 6.45) is -0.856. The third-order valence-corrected chi connectivity index (χ3v) is 2.69. The van der Waals surface area contributed by atoms with Gasteiger partial charge < -0.3 is 9.47 Å². The molecule has 0 aliphatic carbocycles. The molecule has 0 spiro atoms. The molecule has 6 heteroatoms. The van der Waals surface area contributed by atoms with Crippen molar-refractivity contribution in [3.63, 3.8) is 0 Å². The third kappa shape index (κ3) is 4.31. The molecule has 2 aromatic carbocycles. The second kappa shape index (κ2) is 6.51. The van der Waals surface area contributed by atoms with E-state index >= 15 is 0 Å². The van der Waals surface area contributed by atoms with Crippen molar-refractivity contribution in [3.8, 4) is 5.75 Å². The van der Waals surface area contributed by atoms with Crippen LogP contribution < -0.4 is 4.74 Å². The summed E-state index contributed by atoms with van der Waals surface area (Å²) >= 11 is 0. The monoisotopic (exact) mass is 287 g/mol. The largest absolute Gasteiger partial charge is 0.514 e. The lowest BCUT2D eigenvalue weighted by molar-refractivity contribution is -0.384. The van der Waals surface area contributed by atoms with Crippen LogP contribution in [0.25, 0.3) is 0 Å². The van der Waals surface area contributed by atoms with E-state index in [1.807, 2.05) is 31.2 Å². The van der Waals surface area contributed by atoms with E-state index in [0.717, 1.165) is 11.1 Å². The zero-order chi connectivity index (χ0) is 15.2. The number of rotatable bonds is 4. The van der Waals surface area contributed by atoms with Crippen LogP contribution in [0.5, 0.6) is 5.75 Å². The molecule has 0 heterocycles. The van der Waals surface area contributed by atoms with E-state index in [-0.39, 0.29) is 18.0 Å². The molecule has 0 aromatic heterocycles. The van der Waals surface area contributed by atoms with Crippen LogP contribution in [0, 0.1) is 17.0 Å². The van der Waals surface area contributed by atoms with E-state index in [9.17, 15) is 14.9 Å². The summed E-state index contributed by atoms with van der Waals surface area (Å²) in [6, 6.07) is 12.7. The van der Waals surface area contributed by atoms with Crippen molar-refractivity contribution in [3.05, 3.63) is 69.8 Å². The maximum absolute atomic E-state index is 11.5. The maximum atomic E-state index is 11.5. The van der Waals surface area contributed by atoms with Gasteiger partial charge in [0.2, 0.25) is 0 Å². The summed E-state index contributed by atoms with van der Waals surface area (Å²) in [5.41, 5.74) is 1.85. The number of carbonyl (C=O) groups is 1. The molecule has 0 bridgehead atoms. The molecular formula is C15H13NO5. The average Bonchev–Trinajstić information content (AvgIpc) is 2.46. The highest BCUT2D eigenvalue weighted by Crippen LogP contribution is 2.18. The van der Waals surface area contributed by atoms with Crippen molar-refractivity contribution in [2.75, 3.05) is 0 Å². The number of non-ortho nitro benzene ring substituents is 1. The summed E-state index contributed by atoms with van der Waals surface area (Å²) in [5, 5.41) is 10.5. The number of nitro benzene ring substituents is 1. The normalized spacial score (nSPS) is 9.95. The number of nitro groups is 1. The minimum atomic E-state index is -0.856. The Morgan fingerprint density at radius 1 is 1.19 bits per heavy atom. The Labute approximate surface area is 121 Å². The van der Waals surface area contributed by atoms with Crippen LogP contribution in [0.4, 0.5) is 10.5 Å². The standard InChI is InChI=1S/C15H13NO5/c1-11-3-2-4-12(9-11)10-20-15(17)21-14-7-5-13(6-8-14)16(18)19/h2-9H,10H2,1H3. The number of aryl methyl sites for hydroxylation is 1. The second-order valence-corrected chi connectivity index (χ2v) is 4.38. The number of hydrogen-bond acceptors (Lipinski definition) is 5. The van der Waals surface area contributed by atoms with Crippen molar-refractivity contribution >= 4 is 11.8 Å². The van der Waals surface area contributed by atoms with Gasteiger partial charge in [-0.3, -0.25) is 10.1 Å². The first-order valence-corrected chi connectivity index (χ1v) is 6.19. The lowest BCUT2D eigenvalue weighted by Gasteiger charge is -2.06. The third-order valence-electron chi connectivity index (χ3n) is 2.69. The predicted molar refractivity (Wildman–Crippen MR) is 75.1 cm³/mol. The van der Waals surface area contributed by atoms with Gasteiger partial charge in [0, 0.05) is 12.1 Å². The molecule has 2 rings (SSSR count). The van der Waals surface area contributed by atoms with Gasteiger partial charge >= 0.3 is 6.16 Å². The SMILES string of the molecule is Cc1cccc(COC(=O)Oc2ccc([N+](=O)[O-])cc2)c1. The van der Waals surface area contributed by atoms with E-state index in [1.54, 1.807) is 0 Å². The van der Waals surface area contributed by atoms with E-state index in [4.69, 9.17) is 9.47 Å². The Kier molecular flexibility index (Phi) is 4.50. The molecule has 0 N–H and O–H groups in total. The van der Waals surface area contributed by atoms with Crippen molar-refractivity contribution < 1.29 is 19.2 Å². The molecule has 0 amide bonds. The van der Waals surface area contributed by atoms with E-state index in [1.165, 1.54) is 24.3 Å². The maximum Gasteiger partial charge on any atom is 0.514 e. The predicted octanol–water partition coefficient (Wildman–Crippen LogP) is 3.62. The lowest BCUT2D eigenvalue weighted by atomic mass is 10.1. The Bertz CT molecular complexity index is 651. The molecule has 0 atom stereocenters. The molecule has 2 aromatic rings. The summed E-state index contributed by atoms with van der Waals surface area (Å²) in [7, 11) is 0. The van der Waals surface area contributed by atoms with Crippen LogP contribution in [0.1, 0.15) is 11.1 Å². The smallest absolute Gasteiger partial charge is 0.429 e. The van der Waals surface area contributed by atoms with Gasteiger partial charge in [0.25, 0.3) is 5.69 Å². The molecule has 0 saturated carbocycles. The number of ether oxygens (including phenoxy) is 2. The second-order valence-electron chi connectivity index (χ2n) is 4.38. The Morgan fingerprint density at radius 2 is 1.90 bits per heavy atom. The van der Waals surface area contributed by atoms with Crippen LogP contribution in [0.2, 0.25) is 0 Å². The quantitative estimate of drug-likeness (QED) is 0.371. The first-order valence-electron chi connectivity index (χ1n) is 6.19. The molecular weight excluding hydrogens is 274 g/mol. The van der Waals surface area contributed by atoms with Crippen LogP contribution in [-0.2, 0) is 11.3 Å². The highest BCUT2D eigenvalue weighted by molar-refractivity contribution is 5.64. The Hall–Kier alpha value is -2.89. The highest BCUT2D eigenvalue weighted by Gasteiger charge is 2.09. The fourth-order valence-corrected chi connectivity index (χ4v) is 1.71. The van der Waals surface area contributed by atoms with Gasteiger partial charge in [-0.25, -0.2) is 4.79 Å². The zero-order valence-corrected chi connectivity index (χ0v) is 11.3. The first kappa shape index (κ1) is 14.5. The van der Waals surface area contributed by atoms with E-state index in [0.29, 0.717) is 0 Å². The number of hydrogen-bond donors (Lipinski definition) is 0. The van der Waals surface area contributed by atoms with E-state index < -0.39 is 11.1 Å². The fourth-order valence-electron chi connectivity index (χ4n) is 1.71. The Morgan fingerprint density at radius 3 is 2.52 bits per heavy atom. The van der Waals surface area contributed by atoms with Gasteiger partial charge in [-0.1, -0.05) is 29.8 Å². The van der Waals surface area contributed by atoms with Gasteiger partial charge in [-0.15, -0.1) is 0 Å². The summed E-state index contributed by atoms with van der Waals surface area (Å²) in [5.74, 6) is 0.190. The topological polar surface area (TPSA) is 78.7 Å². The molecule has 0 radical (unpaired) electrons. The van der Waals surface area contributed by atoms with Crippen molar-refractivity contribution in [1.82, 2.24) is 0 Å². The molecule has 21 heavy (non-hydrogen) atoms. The zero-order valence-electron chi connectivity index (χ0n) is 11.3. The van der Waals surface area contributed by atoms with Crippen molar-refractivity contribution in [1.29, 1.82) is 0 Å². The minimum absolute atomic E-state index is 0.0736. The van der Waals surface area contributed by atoms with Crippen molar-refractivity contribution in [2.45, 2.75) is 13.5 Å². The first-order chi connectivity index (χ1) is 10.0. The van der Waals surface area contributed by atoms with Gasteiger partial charge in [0.1, 0.15) is 12.4 Å². The van der Waals surface area contributed by atoms with Crippen molar-refractivity contribution in [2.24, 2.45) is 0 Å². The molecule has 0 saturated heterocycles. The highest BCUT2D eigenvalue weighted by atomic mass is 16.7. The van der Waals surface area contributed by atoms with Gasteiger partial charge in [-0.05, 0) is 24.6 Å².